The summed E-state index contributed by atoms with van der Waals surface area (Å²) in [5.74, 6) is 2.65. The maximum Gasteiger partial charge on any atom is 0.0468 e. The Balaban J connectivity index is 1.82. The summed E-state index contributed by atoms with van der Waals surface area (Å²) in [6, 6.07) is 6.35. The number of fused-ring (bicyclic) bond motifs is 1. The quantitative estimate of drug-likeness (QED) is 0.799. The van der Waals surface area contributed by atoms with Gasteiger partial charge in [-0.25, -0.2) is 0 Å². The van der Waals surface area contributed by atoms with Crippen molar-refractivity contribution in [3.05, 3.63) is 33.8 Å². The van der Waals surface area contributed by atoms with E-state index in [-0.39, 0.29) is 0 Å². The highest BCUT2D eigenvalue weighted by atomic mass is 35.5. The van der Waals surface area contributed by atoms with Gasteiger partial charge in [0.2, 0.25) is 0 Å². The summed E-state index contributed by atoms with van der Waals surface area (Å²) in [5.41, 5.74) is 1.24. The fourth-order valence-electron chi connectivity index (χ4n) is 3.88. The van der Waals surface area contributed by atoms with Crippen molar-refractivity contribution in [3.63, 3.8) is 0 Å². The van der Waals surface area contributed by atoms with Crippen LogP contribution in [0.4, 0.5) is 0 Å². The van der Waals surface area contributed by atoms with Gasteiger partial charge in [0.15, 0.2) is 0 Å². The third kappa shape index (κ3) is 2.66. The molecule has 3 rings (SSSR count). The van der Waals surface area contributed by atoms with Gasteiger partial charge < -0.3 is 5.32 Å². The Morgan fingerprint density at radius 2 is 2.00 bits per heavy atom. The molecule has 2 aliphatic carbocycles. The summed E-state index contributed by atoms with van der Waals surface area (Å²) in [4.78, 5) is 0. The molecular weight excluding hydrogens is 277 g/mol. The van der Waals surface area contributed by atoms with Gasteiger partial charge in [0.05, 0.1) is 0 Å². The lowest BCUT2D eigenvalue weighted by molar-refractivity contribution is 0.418. The Kier molecular flexibility index (Phi) is 4.07. The largest absolute Gasteiger partial charge is 0.310 e. The Morgan fingerprint density at radius 3 is 2.63 bits per heavy atom. The molecule has 1 N–H and O–H groups in total. The summed E-state index contributed by atoms with van der Waals surface area (Å²) in [7, 11) is 0. The van der Waals surface area contributed by atoms with Crippen molar-refractivity contribution in [3.8, 4) is 0 Å². The van der Waals surface area contributed by atoms with E-state index in [0.29, 0.717) is 6.04 Å². The van der Waals surface area contributed by atoms with Gasteiger partial charge in [0.1, 0.15) is 0 Å². The highest BCUT2D eigenvalue weighted by Gasteiger charge is 2.56. The monoisotopic (exact) mass is 297 g/mol. The smallest absolute Gasteiger partial charge is 0.0468 e. The standard InChI is InChI=1S/C16H21Cl2N/c1-2-8-19-16(15-11-4-3-5-12(11)15)13-7-6-10(17)9-14(13)18/h6-7,9,11-12,15-16,19H,2-5,8H2,1H3. The van der Waals surface area contributed by atoms with Crippen LogP contribution >= 0.6 is 23.2 Å². The molecule has 0 aromatic heterocycles. The number of hydrogen-bond acceptors (Lipinski definition) is 1. The molecule has 0 radical (unpaired) electrons. The predicted molar refractivity (Wildman–Crippen MR) is 81.8 cm³/mol. The molecule has 104 valence electrons. The highest BCUT2D eigenvalue weighted by molar-refractivity contribution is 6.35. The first-order chi connectivity index (χ1) is 9.22. The number of benzene rings is 1. The Morgan fingerprint density at radius 1 is 1.26 bits per heavy atom. The molecule has 2 fully saturated rings. The molecule has 1 aromatic carbocycles. The topological polar surface area (TPSA) is 12.0 Å². The molecule has 2 aliphatic rings. The average Bonchev–Trinajstić information content (AvgIpc) is 2.84. The van der Waals surface area contributed by atoms with E-state index in [0.717, 1.165) is 40.8 Å². The Hall–Kier alpha value is -0.240. The van der Waals surface area contributed by atoms with Crippen molar-refractivity contribution < 1.29 is 0 Å². The van der Waals surface area contributed by atoms with Gasteiger partial charge in [0, 0.05) is 16.1 Å². The van der Waals surface area contributed by atoms with Crippen LogP contribution in [0, 0.1) is 17.8 Å². The zero-order valence-corrected chi connectivity index (χ0v) is 12.8. The zero-order valence-electron chi connectivity index (χ0n) is 11.3. The molecule has 1 nitrogen and oxygen atoms in total. The van der Waals surface area contributed by atoms with Gasteiger partial charge in [-0.05, 0) is 61.3 Å². The second kappa shape index (κ2) is 5.63. The van der Waals surface area contributed by atoms with E-state index in [2.05, 4.69) is 18.3 Å². The molecule has 19 heavy (non-hydrogen) atoms. The van der Waals surface area contributed by atoms with Gasteiger partial charge in [-0.3, -0.25) is 0 Å². The summed E-state index contributed by atoms with van der Waals surface area (Å²) < 4.78 is 0. The van der Waals surface area contributed by atoms with E-state index in [1.807, 2.05) is 12.1 Å². The van der Waals surface area contributed by atoms with Gasteiger partial charge >= 0.3 is 0 Å². The van der Waals surface area contributed by atoms with Gasteiger partial charge in [0.25, 0.3) is 0 Å². The van der Waals surface area contributed by atoms with Crippen LogP contribution < -0.4 is 5.32 Å². The van der Waals surface area contributed by atoms with E-state index in [1.54, 1.807) is 0 Å². The van der Waals surface area contributed by atoms with Crippen molar-refractivity contribution in [1.82, 2.24) is 5.32 Å². The summed E-state index contributed by atoms with van der Waals surface area (Å²) in [5, 5.41) is 5.24. The van der Waals surface area contributed by atoms with E-state index >= 15 is 0 Å². The van der Waals surface area contributed by atoms with Crippen molar-refractivity contribution in [2.24, 2.45) is 17.8 Å². The normalized spacial score (nSPS) is 30.2. The summed E-state index contributed by atoms with van der Waals surface area (Å²) in [6.45, 7) is 3.26. The summed E-state index contributed by atoms with van der Waals surface area (Å²) in [6.07, 6.45) is 5.39. The number of nitrogens with one attached hydrogen (secondary N) is 1. The van der Waals surface area contributed by atoms with E-state index in [9.17, 15) is 0 Å². The molecular formula is C16H21Cl2N. The van der Waals surface area contributed by atoms with Crippen LogP contribution in [0.15, 0.2) is 18.2 Å². The number of halogens is 2. The fraction of sp³-hybridized carbons (Fsp3) is 0.625. The first-order valence-electron chi connectivity index (χ1n) is 7.40. The minimum atomic E-state index is 0.417. The Labute approximate surface area is 125 Å². The summed E-state index contributed by atoms with van der Waals surface area (Å²) >= 11 is 12.4. The second-order valence-electron chi connectivity index (χ2n) is 5.93. The number of hydrogen-bond donors (Lipinski definition) is 1. The molecule has 0 heterocycles. The molecule has 3 heteroatoms. The first kappa shape index (κ1) is 13.7. The third-order valence-corrected chi connectivity index (χ3v) is 5.33. The van der Waals surface area contributed by atoms with Crippen LogP contribution in [0.25, 0.3) is 0 Å². The number of rotatable bonds is 5. The lowest BCUT2D eigenvalue weighted by Crippen LogP contribution is -2.25. The molecule has 2 saturated carbocycles. The molecule has 0 bridgehead atoms. The van der Waals surface area contributed by atoms with Crippen LogP contribution in [-0.4, -0.2) is 6.54 Å². The van der Waals surface area contributed by atoms with E-state index < -0.39 is 0 Å². The van der Waals surface area contributed by atoms with Gasteiger partial charge in [-0.2, -0.15) is 0 Å². The molecule has 0 spiro atoms. The molecule has 1 aromatic rings. The minimum Gasteiger partial charge on any atom is -0.310 e. The van der Waals surface area contributed by atoms with E-state index in [4.69, 9.17) is 23.2 Å². The second-order valence-corrected chi connectivity index (χ2v) is 6.78. The SMILES string of the molecule is CCCNC(c1ccc(Cl)cc1Cl)C1C2CCCC21. The maximum absolute atomic E-state index is 6.41. The maximum atomic E-state index is 6.41. The molecule has 0 saturated heterocycles. The third-order valence-electron chi connectivity index (χ3n) is 4.77. The zero-order chi connectivity index (χ0) is 13.4. The van der Waals surface area contributed by atoms with Crippen LogP contribution in [0.1, 0.15) is 44.2 Å². The lowest BCUT2D eigenvalue weighted by Gasteiger charge is -2.22. The van der Waals surface area contributed by atoms with Crippen molar-refractivity contribution in [1.29, 1.82) is 0 Å². The van der Waals surface area contributed by atoms with Crippen LogP contribution in [0.2, 0.25) is 10.0 Å². The average molecular weight is 298 g/mol. The van der Waals surface area contributed by atoms with Gasteiger partial charge in [-0.1, -0.05) is 42.6 Å². The minimum absolute atomic E-state index is 0.417. The first-order valence-corrected chi connectivity index (χ1v) is 8.16. The highest BCUT2D eigenvalue weighted by Crippen LogP contribution is 2.62. The molecule has 3 atom stereocenters. The molecule has 3 unspecified atom stereocenters. The van der Waals surface area contributed by atoms with Crippen molar-refractivity contribution >= 4 is 23.2 Å². The van der Waals surface area contributed by atoms with E-state index in [1.165, 1.54) is 24.8 Å². The fourth-order valence-corrected chi connectivity index (χ4v) is 4.40. The van der Waals surface area contributed by atoms with Crippen molar-refractivity contribution in [2.45, 2.75) is 38.6 Å². The lowest BCUT2D eigenvalue weighted by atomic mass is 9.96. The van der Waals surface area contributed by atoms with Crippen LogP contribution in [-0.2, 0) is 0 Å². The van der Waals surface area contributed by atoms with Crippen molar-refractivity contribution in [2.75, 3.05) is 6.54 Å². The van der Waals surface area contributed by atoms with Crippen LogP contribution in [0.3, 0.4) is 0 Å². The van der Waals surface area contributed by atoms with Gasteiger partial charge in [-0.15, -0.1) is 0 Å². The molecule has 0 aliphatic heterocycles. The van der Waals surface area contributed by atoms with Crippen LogP contribution in [0.5, 0.6) is 0 Å². The Bertz CT molecular complexity index is 450. The predicted octanol–water partition coefficient (Wildman–Crippen LogP) is 5.08. The molecule has 0 amide bonds.